The van der Waals surface area contributed by atoms with Crippen molar-refractivity contribution in [3.63, 3.8) is 0 Å². The number of carbonyl (C=O) groups excluding carboxylic acids is 1. The second kappa shape index (κ2) is 11.8. The predicted octanol–water partition coefficient (Wildman–Crippen LogP) is 6.95. The Balaban J connectivity index is 1.39. The number of allylic oxidation sites excluding steroid dienone is 4. The van der Waals surface area contributed by atoms with Crippen molar-refractivity contribution < 1.29 is 13.9 Å². The molecule has 0 amide bonds. The van der Waals surface area contributed by atoms with Crippen LogP contribution >= 0.6 is 0 Å². The number of halogens is 1. The van der Waals surface area contributed by atoms with Crippen LogP contribution in [0.5, 0.6) is 0 Å². The van der Waals surface area contributed by atoms with Gasteiger partial charge in [0.1, 0.15) is 12.2 Å². The topological polar surface area (TPSA) is 50.1 Å². The molecule has 0 aliphatic heterocycles. The molecule has 0 atom stereocenters. The minimum atomic E-state index is -0.781. The minimum Gasteiger partial charge on any atom is -0.462 e. The number of hydrogen-bond acceptors (Lipinski definition) is 3. The summed E-state index contributed by atoms with van der Waals surface area (Å²) < 4.78 is 18.7. The molecule has 1 aromatic rings. The molecule has 0 spiro atoms. The SMILES string of the molecule is CCCc1ccc([C@H]2CC[C@H](OC(=O)[C@H]3CC[C@H](C=CC=C(F)C#N)CC3)CC2)cc1. The van der Waals surface area contributed by atoms with Gasteiger partial charge in [0.05, 0.1) is 5.92 Å². The number of nitrogens with zero attached hydrogens (tertiary/aromatic N) is 1. The van der Waals surface area contributed by atoms with Gasteiger partial charge in [-0.1, -0.05) is 49.8 Å². The Hall–Kier alpha value is -2.41. The van der Waals surface area contributed by atoms with Crippen LogP contribution in [0, 0.1) is 23.2 Å². The highest BCUT2D eigenvalue weighted by Crippen LogP contribution is 2.36. The Labute approximate surface area is 186 Å². The normalized spacial score (nSPS) is 27.1. The third-order valence-corrected chi connectivity index (χ3v) is 6.78. The fraction of sp³-hybridized carbons (Fsp3) is 0.556. The molecule has 2 saturated carbocycles. The van der Waals surface area contributed by atoms with Gasteiger partial charge in [0.2, 0.25) is 0 Å². The average Bonchev–Trinajstić information content (AvgIpc) is 2.80. The maximum absolute atomic E-state index is 12.8. The van der Waals surface area contributed by atoms with Crippen LogP contribution in [0.1, 0.15) is 81.8 Å². The highest BCUT2D eigenvalue weighted by Gasteiger charge is 2.30. The fourth-order valence-corrected chi connectivity index (χ4v) is 4.90. The van der Waals surface area contributed by atoms with Crippen LogP contribution < -0.4 is 0 Å². The van der Waals surface area contributed by atoms with Crippen LogP contribution in [0.15, 0.2) is 48.3 Å². The van der Waals surface area contributed by atoms with Gasteiger partial charge in [-0.25, -0.2) is 0 Å². The van der Waals surface area contributed by atoms with Crippen molar-refractivity contribution >= 4 is 5.97 Å². The molecule has 0 unspecified atom stereocenters. The third-order valence-electron chi connectivity index (χ3n) is 6.78. The van der Waals surface area contributed by atoms with Gasteiger partial charge in [-0.05, 0) is 86.8 Å². The Morgan fingerprint density at radius 3 is 2.39 bits per heavy atom. The Morgan fingerprint density at radius 1 is 1.10 bits per heavy atom. The zero-order valence-corrected chi connectivity index (χ0v) is 18.6. The number of nitriles is 1. The lowest BCUT2D eigenvalue weighted by Crippen LogP contribution is -2.29. The number of rotatable bonds is 7. The molecule has 1 aromatic carbocycles. The molecule has 0 saturated heterocycles. The van der Waals surface area contributed by atoms with E-state index in [9.17, 15) is 9.18 Å². The lowest BCUT2D eigenvalue weighted by molar-refractivity contribution is -0.157. The Morgan fingerprint density at radius 2 is 1.77 bits per heavy atom. The summed E-state index contributed by atoms with van der Waals surface area (Å²) in [5.74, 6) is 0.0838. The van der Waals surface area contributed by atoms with Gasteiger partial charge in [-0.2, -0.15) is 9.65 Å². The largest absolute Gasteiger partial charge is 0.462 e. The van der Waals surface area contributed by atoms with Gasteiger partial charge in [0, 0.05) is 0 Å². The molecule has 4 heteroatoms. The first-order valence-corrected chi connectivity index (χ1v) is 11.8. The summed E-state index contributed by atoms with van der Waals surface area (Å²) in [6.45, 7) is 2.21. The predicted molar refractivity (Wildman–Crippen MR) is 121 cm³/mol. The fourth-order valence-electron chi connectivity index (χ4n) is 4.90. The summed E-state index contributed by atoms with van der Waals surface area (Å²) in [5.41, 5.74) is 2.82. The molecule has 0 radical (unpaired) electrons. The zero-order chi connectivity index (χ0) is 22.1. The molecule has 2 aliphatic carbocycles. The van der Waals surface area contributed by atoms with Gasteiger partial charge in [-0.3, -0.25) is 4.79 Å². The van der Waals surface area contributed by atoms with E-state index in [1.165, 1.54) is 29.7 Å². The van der Waals surface area contributed by atoms with Crippen molar-refractivity contribution in [1.29, 1.82) is 5.26 Å². The second-order valence-electron chi connectivity index (χ2n) is 9.03. The first-order chi connectivity index (χ1) is 15.1. The van der Waals surface area contributed by atoms with E-state index < -0.39 is 5.83 Å². The number of carbonyl (C=O) groups is 1. The van der Waals surface area contributed by atoms with E-state index in [-0.39, 0.29) is 18.0 Å². The number of ether oxygens (including phenoxy) is 1. The molecular weight excluding hydrogens is 389 g/mol. The lowest BCUT2D eigenvalue weighted by Gasteiger charge is -2.31. The minimum absolute atomic E-state index is 0.0140. The summed E-state index contributed by atoms with van der Waals surface area (Å²) in [6.07, 6.45) is 14.6. The highest BCUT2D eigenvalue weighted by atomic mass is 19.1. The van der Waals surface area contributed by atoms with E-state index in [4.69, 9.17) is 10.00 Å². The monoisotopic (exact) mass is 423 g/mol. The molecular formula is C27H34FNO2. The number of benzene rings is 1. The van der Waals surface area contributed by atoms with Crippen LogP contribution in [0.2, 0.25) is 0 Å². The van der Waals surface area contributed by atoms with E-state index >= 15 is 0 Å². The van der Waals surface area contributed by atoms with Crippen LogP contribution in [0.3, 0.4) is 0 Å². The number of hydrogen-bond donors (Lipinski definition) is 0. The molecule has 2 aliphatic rings. The summed E-state index contributed by atoms with van der Waals surface area (Å²) in [7, 11) is 0. The summed E-state index contributed by atoms with van der Waals surface area (Å²) in [5, 5.41) is 8.42. The van der Waals surface area contributed by atoms with Crippen molar-refractivity contribution in [1.82, 2.24) is 0 Å². The number of esters is 1. The third kappa shape index (κ3) is 7.06. The maximum atomic E-state index is 12.8. The van der Waals surface area contributed by atoms with Crippen molar-refractivity contribution in [2.24, 2.45) is 11.8 Å². The van der Waals surface area contributed by atoms with Crippen molar-refractivity contribution in [2.75, 3.05) is 0 Å². The molecule has 3 nitrogen and oxygen atoms in total. The van der Waals surface area contributed by atoms with Crippen LogP contribution in [0.25, 0.3) is 0 Å². The standard InChI is InChI=1S/C27H34FNO2/c1-2-4-20-7-11-22(12-8-20)23-15-17-26(18-16-23)31-27(30)24-13-9-21(10-14-24)5-3-6-25(28)19-29/h3,5-8,11-12,21,23-24,26H,2,4,9-10,13-18H2,1H3/t21-,23-,24-,26-. The van der Waals surface area contributed by atoms with Crippen LogP contribution in [-0.4, -0.2) is 12.1 Å². The van der Waals surface area contributed by atoms with Crippen molar-refractivity contribution in [2.45, 2.75) is 83.2 Å². The van der Waals surface area contributed by atoms with E-state index in [2.05, 4.69) is 31.2 Å². The highest BCUT2D eigenvalue weighted by molar-refractivity contribution is 5.72. The molecule has 0 heterocycles. The van der Waals surface area contributed by atoms with Gasteiger partial charge in [-0.15, -0.1) is 0 Å². The summed E-state index contributed by atoms with van der Waals surface area (Å²) >= 11 is 0. The summed E-state index contributed by atoms with van der Waals surface area (Å²) in [4.78, 5) is 12.6. The summed E-state index contributed by atoms with van der Waals surface area (Å²) in [6, 6.07) is 10.5. The first-order valence-electron chi connectivity index (χ1n) is 11.8. The molecule has 0 bridgehead atoms. The smallest absolute Gasteiger partial charge is 0.309 e. The number of aryl methyl sites for hydroxylation is 1. The first kappa shape index (κ1) is 23.3. The average molecular weight is 424 g/mol. The van der Waals surface area contributed by atoms with Gasteiger partial charge < -0.3 is 4.74 Å². The molecule has 0 aromatic heterocycles. The molecule has 31 heavy (non-hydrogen) atoms. The van der Waals surface area contributed by atoms with Crippen molar-refractivity contribution in [3.05, 3.63) is 59.4 Å². The quantitative estimate of drug-likeness (QED) is 0.271. The molecule has 166 valence electrons. The molecule has 2 fully saturated rings. The lowest BCUT2D eigenvalue weighted by atomic mass is 9.81. The Kier molecular flexibility index (Phi) is 8.88. The van der Waals surface area contributed by atoms with Gasteiger partial charge >= 0.3 is 5.97 Å². The van der Waals surface area contributed by atoms with Gasteiger partial charge in [0.15, 0.2) is 5.83 Å². The van der Waals surface area contributed by atoms with E-state index in [1.54, 1.807) is 6.08 Å². The molecule has 0 N–H and O–H groups in total. The Bertz CT molecular complexity index is 805. The zero-order valence-electron chi connectivity index (χ0n) is 18.6. The second-order valence-corrected chi connectivity index (χ2v) is 9.03. The van der Waals surface area contributed by atoms with Crippen molar-refractivity contribution in [3.8, 4) is 6.07 Å². The van der Waals surface area contributed by atoms with Gasteiger partial charge in [0.25, 0.3) is 0 Å². The van der Waals surface area contributed by atoms with Crippen LogP contribution in [-0.2, 0) is 16.0 Å². The van der Waals surface area contributed by atoms with Crippen LogP contribution in [0.4, 0.5) is 4.39 Å². The maximum Gasteiger partial charge on any atom is 0.309 e. The van der Waals surface area contributed by atoms with E-state index in [1.807, 2.05) is 6.08 Å². The van der Waals surface area contributed by atoms with E-state index in [0.717, 1.165) is 57.8 Å². The van der Waals surface area contributed by atoms with E-state index in [0.29, 0.717) is 11.8 Å². The molecule has 3 rings (SSSR count).